The SMILES string of the molecule is Cc1cccc(C(=O)Nc2ccc(CN3CCCCC3)cc2)c1. The van der Waals surface area contributed by atoms with Crippen molar-refractivity contribution >= 4 is 11.6 Å². The molecule has 1 aliphatic rings. The zero-order chi connectivity index (χ0) is 16.1. The first kappa shape index (κ1) is 15.8. The number of hydrogen-bond acceptors (Lipinski definition) is 2. The number of aryl methyl sites for hydroxylation is 1. The number of carbonyl (C=O) groups is 1. The van der Waals surface area contributed by atoms with E-state index in [9.17, 15) is 4.79 Å². The first-order valence-corrected chi connectivity index (χ1v) is 8.40. The molecule has 1 saturated heterocycles. The number of nitrogens with one attached hydrogen (secondary N) is 1. The standard InChI is InChI=1S/C20H24N2O/c1-16-6-5-7-18(14-16)20(23)21-19-10-8-17(9-11-19)15-22-12-3-2-4-13-22/h5-11,14H,2-4,12-13,15H2,1H3,(H,21,23). The van der Waals surface area contributed by atoms with Crippen LogP contribution in [0.4, 0.5) is 5.69 Å². The van der Waals surface area contributed by atoms with Crippen molar-refractivity contribution in [1.82, 2.24) is 4.90 Å². The molecule has 0 aromatic heterocycles. The van der Waals surface area contributed by atoms with E-state index in [4.69, 9.17) is 0 Å². The Morgan fingerprint density at radius 3 is 2.48 bits per heavy atom. The van der Waals surface area contributed by atoms with Crippen LogP contribution in [-0.2, 0) is 6.54 Å². The Morgan fingerprint density at radius 2 is 1.78 bits per heavy atom. The highest BCUT2D eigenvalue weighted by Gasteiger charge is 2.10. The summed E-state index contributed by atoms with van der Waals surface area (Å²) in [6.07, 6.45) is 3.98. The summed E-state index contributed by atoms with van der Waals surface area (Å²) >= 11 is 0. The van der Waals surface area contributed by atoms with Crippen molar-refractivity contribution in [3.8, 4) is 0 Å². The largest absolute Gasteiger partial charge is 0.322 e. The molecule has 120 valence electrons. The number of piperidine rings is 1. The first-order chi connectivity index (χ1) is 11.2. The normalized spacial score (nSPS) is 15.3. The van der Waals surface area contributed by atoms with Crippen LogP contribution in [0.5, 0.6) is 0 Å². The smallest absolute Gasteiger partial charge is 0.255 e. The summed E-state index contributed by atoms with van der Waals surface area (Å²) in [5.41, 5.74) is 3.94. The Kier molecular flexibility index (Phi) is 5.09. The number of anilines is 1. The predicted molar refractivity (Wildman–Crippen MR) is 94.7 cm³/mol. The summed E-state index contributed by atoms with van der Waals surface area (Å²) in [4.78, 5) is 14.8. The number of nitrogens with zero attached hydrogens (tertiary/aromatic N) is 1. The van der Waals surface area contributed by atoms with Gasteiger partial charge in [0, 0.05) is 17.8 Å². The molecule has 1 aliphatic heterocycles. The Morgan fingerprint density at radius 1 is 1.04 bits per heavy atom. The maximum absolute atomic E-state index is 12.2. The van der Waals surface area contributed by atoms with Gasteiger partial charge in [0.1, 0.15) is 0 Å². The fourth-order valence-electron chi connectivity index (χ4n) is 3.06. The van der Waals surface area contributed by atoms with Gasteiger partial charge in [0.15, 0.2) is 0 Å². The van der Waals surface area contributed by atoms with E-state index in [1.807, 2.05) is 43.3 Å². The van der Waals surface area contributed by atoms with Crippen LogP contribution in [0.15, 0.2) is 48.5 Å². The molecule has 0 spiro atoms. The van der Waals surface area contributed by atoms with E-state index in [0.717, 1.165) is 17.8 Å². The molecule has 3 heteroatoms. The van der Waals surface area contributed by atoms with Gasteiger partial charge in [-0.25, -0.2) is 0 Å². The van der Waals surface area contributed by atoms with Gasteiger partial charge in [-0.15, -0.1) is 0 Å². The summed E-state index contributed by atoms with van der Waals surface area (Å²) in [6, 6.07) is 15.9. The molecule has 3 rings (SSSR count). The lowest BCUT2D eigenvalue weighted by Gasteiger charge is -2.26. The van der Waals surface area contributed by atoms with Crippen molar-refractivity contribution < 1.29 is 4.79 Å². The molecule has 0 radical (unpaired) electrons. The molecule has 2 aromatic rings. The minimum Gasteiger partial charge on any atom is -0.322 e. The molecule has 0 unspecified atom stereocenters. The summed E-state index contributed by atoms with van der Waals surface area (Å²) in [5.74, 6) is -0.0579. The van der Waals surface area contributed by atoms with Crippen LogP contribution in [0, 0.1) is 6.92 Å². The molecule has 23 heavy (non-hydrogen) atoms. The number of benzene rings is 2. The predicted octanol–water partition coefficient (Wildman–Crippen LogP) is 4.23. The van der Waals surface area contributed by atoms with Crippen molar-refractivity contribution in [2.24, 2.45) is 0 Å². The van der Waals surface area contributed by atoms with Crippen LogP contribution >= 0.6 is 0 Å². The third-order valence-corrected chi connectivity index (χ3v) is 4.35. The van der Waals surface area contributed by atoms with E-state index in [-0.39, 0.29) is 5.91 Å². The number of amides is 1. The minimum atomic E-state index is -0.0579. The number of likely N-dealkylation sites (tertiary alicyclic amines) is 1. The maximum Gasteiger partial charge on any atom is 0.255 e. The number of carbonyl (C=O) groups excluding carboxylic acids is 1. The van der Waals surface area contributed by atoms with Gasteiger partial charge in [0.05, 0.1) is 0 Å². The Bertz CT molecular complexity index is 658. The van der Waals surface area contributed by atoms with E-state index in [1.165, 1.54) is 37.9 Å². The molecule has 0 bridgehead atoms. The number of hydrogen-bond donors (Lipinski definition) is 1. The lowest BCUT2D eigenvalue weighted by molar-refractivity contribution is 0.102. The van der Waals surface area contributed by atoms with E-state index in [0.29, 0.717) is 5.56 Å². The highest BCUT2D eigenvalue weighted by atomic mass is 16.1. The topological polar surface area (TPSA) is 32.3 Å². The van der Waals surface area contributed by atoms with E-state index >= 15 is 0 Å². The van der Waals surface area contributed by atoms with Gasteiger partial charge in [-0.2, -0.15) is 0 Å². The first-order valence-electron chi connectivity index (χ1n) is 8.40. The second-order valence-electron chi connectivity index (χ2n) is 6.36. The van der Waals surface area contributed by atoms with Gasteiger partial charge < -0.3 is 5.32 Å². The Balaban J connectivity index is 1.59. The van der Waals surface area contributed by atoms with Gasteiger partial charge >= 0.3 is 0 Å². The maximum atomic E-state index is 12.2. The summed E-state index contributed by atoms with van der Waals surface area (Å²) in [6.45, 7) is 5.40. The van der Waals surface area contributed by atoms with Crippen LogP contribution < -0.4 is 5.32 Å². The van der Waals surface area contributed by atoms with Gasteiger partial charge in [-0.1, -0.05) is 36.2 Å². The minimum absolute atomic E-state index is 0.0579. The average molecular weight is 308 g/mol. The lowest BCUT2D eigenvalue weighted by atomic mass is 10.1. The van der Waals surface area contributed by atoms with Gasteiger partial charge in [0.25, 0.3) is 5.91 Å². The molecule has 2 aromatic carbocycles. The van der Waals surface area contributed by atoms with Crippen LogP contribution in [-0.4, -0.2) is 23.9 Å². The van der Waals surface area contributed by atoms with Crippen molar-refractivity contribution in [2.75, 3.05) is 18.4 Å². The second kappa shape index (κ2) is 7.42. The summed E-state index contributed by atoms with van der Waals surface area (Å²) in [5, 5.41) is 2.96. The third kappa shape index (κ3) is 4.42. The average Bonchev–Trinajstić information content (AvgIpc) is 2.57. The fraction of sp³-hybridized carbons (Fsp3) is 0.350. The van der Waals surface area contributed by atoms with Crippen molar-refractivity contribution in [1.29, 1.82) is 0 Å². The van der Waals surface area contributed by atoms with Crippen molar-refractivity contribution in [2.45, 2.75) is 32.7 Å². The number of rotatable bonds is 4. The van der Waals surface area contributed by atoms with Crippen LogP contribution in [0.2, 0.25) is 0 Å². The molecule has 3 nitrogen and oxygen atoms in total. The fourth-order valence-corrected chi connectivity index (χ4v) is 3.06. The van der Waals surface area contributed by atoms with Crippen LogP contribution in [0.3, 0.4) is 0 Å². The van der Waals surface area contributed by atoms with E-state index < -0.39 is 0 Å². The second-order valence-corrected chi connectivity index (χ2v) is 6.36. The molecular weight excluding hydrogens is 284 g/mol. The van der Waals surface area contributed by atoms with Gasteiger partial charge in [-0.05, 0) is 62.7 Å². The molecule has 1 amide bonds. The highest BCUT2D eigenvalue weighted by Crippen LogP contribution is 2.16. The zero-order valence-electron chi connectivity index (χ0n) is 13.7. The van der Waals surface area contributed by atoms with E-state index in [2.05, 4.69) is 22.3 Å². The van der Waals surface area contributed by atoms with Crippen LogP contribution in [0.25, 0.3) is 0 Å². The van der Waals surface area contributed by atoms with E-state index in [1.54, 1.807) is 0 Å². The molecule has 1 N–H and O–H groups in total. The van der Waals surface area contributed by atoms with Crippen molar-refractivity contribution in [3.63, 3.8) is 0 Å². The van der Waals surface area contributed by atoms with Crippen molar-refractivity contribution in [3.05, 3.63) is 65.2 Å². The molecule has 0 atom stereocenters. The molecule has 1 heterocycles. The zero-order valence-corrected chi connectivity index (χ0v) is 13.7. The molecule has 1 fully saturated rings. The quantitative estimate of drug-likeness (QED) is 0.916. The van der Waals surface area contributed by atoms with Gasteiger partial charge in [-0.3, -0.25) is 9.69 Å². The molecular formula is C20H24N2O. The molecule has 0 saturated carbocycles. The van der Waals surface area contributed by atoms with Crippen LogP contribution in [0.1, 0.15) is 40.7 Å². The van der Waals surface area contributed by atoms with Gasteiger partial charge in [0.2, 0.25) is 0 Å². The highest BCUT2D eigenvalue weighted by molar-refractivity contribution is 6.04. The summed E-state index contributed by atoms with van der Waals surface area (Å²) in [7, 11) is 0. The Hall–Kier alpha value is -2.13. The lowest BCUT2D eigenvalue weighted by Crippen LogP contribution is -2.29. The summed E-state index contributed by atoms with van der Waals surface area (Å²) < 4.78 is 0. The Labute approximate surface area is 138 Å². The molecule has 0 aliphatic carbocycles. The third-order valence-electron chi connectivity index (χ3n) is 4.35. The monoisotopic (exact) mass is 308 g/mol.